The number of carbonyl (C=O) groups excluding carboxylic acids is 2. The number of carbonyl (C=O) groups is 2. The zero-order chi connectivity index (χ0) is 27.8. The Morgan fingerprint density at radius 3 is 2.33 bits per heavy atom. The third-order valence-corrected chi connectivity index (χ3v) is 6.74. The van der Waals surface area contributed by atoms with Crippen molar-refractivity contribution in [2.75, 3.05) is 49.8 Å². The second kappa shape index (κ2) is 12.9. The standard InChI is InChI=1S/C31H35N3O5/c1-22-9-8-10-27(33-19-6-5-7-20-33)30(22)34(32-24-13-15-25(37-2)16-14-24)29(35)18-12-23-11-17-26(31(36)39-4)28(21-23)38-3/h8-18,21,32H,5-7,19-20H2,1-4H3. The van der Waals surface area contributed by atoms with E-state index in [0.717, 1.165) is 54.3 Å². The Balaban J connectivity index is 1.71. The number of esters is 1. The van der Waals surface area contributed by atoms with Crippen LogP contribution in [0.1, 0.15) is 40.7 Å². The first-order valence-corrected chi connectivity index (χ1v) is 13.0. The SMILES string of the molecule is COC(=O)c1ccc(C=CC(=O)N(Nc2ccc(OC)cc2)c2c(C)cccc2N2CCCCC2)cc1OC. The molecule has 1 heterocycles. The van der Waals surface area contributed by atoms with E-state index in [-0.39, 0.29) is 5.91 Å². The Hall–Kier alpha value is -4.46. The van der Waals surface area contributed by atoms with E-state index in [1.165, 1.54) is 26.7 Å². The first kappa shape index (κ1) is 27.6. The van der Waals surface area contributed by atoms with Gasteiger partial charge in [-0.15, -0.1) is 0 Å². The lowest BCUT2D eigenvalue weighted by Crippen LogP contribution is -2.38. The van der Waals surface area contributed by atoms with Gasteiger partial charge in [-0.25, -0.2) is 9.80 Å². The predicted molar refractivity (Wildman–Crippen MR) is 155 cm³/mol. The summed E-state index contributed by atoms with van der Waals surface area (Å²) in [6.07, 6.45) is 6.67. The second-order valence-electron chi connectivity index (χ2n) is 9.29. The van der Waals surface area contributed by atoms with Crippen LogP contribution in [0.25, 0.3) is 6.08 Å². The number of anilines is 3. The van der Waals surface area contributed by atoms with E-state index in [9.17, 15) is 9.59 Å². The van der Waals surface area contributed by atoms with Crippen LogP contribution in [0.3, 0.4) is 0 Å². The maximum Gasteiger partial charge on any atom is 0.341 e. The monoisotopic (exact) mass is 529 g/mol. The number of ether oxygens (including phenoxy) is 3. The van der Waals surface area contributed by atoms with Gasteiger partial charge in [0.2, 0.25) is 0 Å². The lowest BCUT2D eigenvalue weighted by atomic mass is 10.1. The van der Waals surface area contributed by atoms with Crippen molar-refractivity contribution in [1.82, 2.24) is 0 Å². The summed E-state index contributed by atoms with van der Waals surface area (Å²) in [4.78, 5) is 28.2. The highest BCUT2D eigenvalue weighted by Gasteiger charge is 2.24. The van der Waals surface area contributed by atoms with Crippen LogP contribution in [0, 0.1) is 6.92 Å². The van der Waals surface area contributed by atoms with Crippen LogP contribution in [0.15, 0.2) is 66.7 Å². The molecule has 0 unspecified atom stereocenters. The summed E-state index contributed by atoms with van der Waals surface area (Å²) in [5.41, 5.74) is 7.89. The molecule has 4 rings (SSSR count). The van der Waals surface area contributed by atoms with Crippen molar-refractivity contribution in [3.05, 3.63) is 83.4 Å². The summed E-state index contributed by atoms with van der Waals surface area (Å²) >= 11 is 0. The van der Waals surface area contributed by atoms with Gasteiger partial charge in [-0.1, -0.05) is 18.2 Å². The normalized spacial score (nSPS) is 13.2. The first-order valence-electron chi connectivity index (χ1n) is 13.0. The largest absolute Gasteiger partial charge is 0.497 e. The maximum absolute atomic E-state index is 13.8. The number of amides is 1. The molecule has 1 saturated heterocycles. The quantitative estimate of drug-likeness (QED) is 0.211. The molecule has 0 aromatic heterocycles. The van der Waals surface area contributed by atoms with Gasteiger partial charge in [-0.05, 0) is 85.9 Å². The zero-order valence-corrected chi connectivity index (χ0v) is 22.9. The van der Waals surface area contributed by atoms with Gasteiger partial charge in [-0.2, -0.15) is 0 Å². The van der Waals surface area contributed by atoms with Crippen LogP contribution >= 0.6 is 0 Å². The van der Waals surface area contributed by atoms with E-state index in [2.05, 4.69) is 16.4 Å². The van der Waals surface area contributed by atoms with Crippen LogP contribution < -0.4 is 24.8 Å². The number of benzene rings is 3. The summed E-state index contributed by atoms with van der Waals surface area (Å²) in [6.45, 7) is 3.91. The lowest BCUT2D eigenvalue weighted by Gasteiger charge is -2.34. The van der Waals surface area contributed by atoms with Crippen molar-refractivity contribution in [3.8, 4) is 11.5 Å². The van der Waals surface area contributed by atoms with Crippen molar-refractivity contribution < 1.29 is 23.8 Å². The number of hydrogen-bond acceptors (Lipinski definition) is 7. The van der Waals surface area contributed by atoms with E-state index in [1.807, 2.05) is 43.3 Å². The molecule has 3 aromatic rings. The van der Waals surface area contributed by atoms with Crippen molar-refractivity contribution in [2.45, 2.75) is 26.2 Å². The third-order valence-electron chi connectivity index (χ3n) is 6.74. The lowest BCUT2D eigenvalue weighted by molar-refractivity contribution is -0.113. The van der Waals surface area contributed by atoms with Crippen molar-refractivity contribution in [1.29, 1.82) is 0 Å². The molecule has 0 bridgehead atoms. The molecule has 0 spiro atoms. The fourth-order valence-electron chi connectivity index (χ4n) is 4.67. The van der Waals surface area contributed by atoms with Gasteiger partial charge in [0, 0.05) is 19.2 Å². The van der Waals surface area contributed by atoms with Crippen LogP contribution in [0.4, 0.5) is 17.1 Å². The Labute approximate surface area is 229 Å². The van der Waals surface area contributed by atoms with Gasteiger partial charge in [0.15, 0.2) is 0 Å². The summed E-state index contributed by atoms with van der Waals surface area (Å²) in [6, 6.07) is 18.6. The van der Waals surface area contributed by atoms with E-state index in [4.69, 9.17) is 14.2 Å². The average molecular weight is 530 g/mol. The van der Waals surface area contributed by atoms with Crippen molar-refractivity contribution in [2.24, 2.45) is 0 Å². The van der Waals surface area contributed by atoms with Gasteiger partial charge in [0.05, 0.1) is 38.4 Å². The summed E-state index contributed by atoms with van der Waals surface area (Å²) in [5, 5.41) is 1.59. The van der Waals surface area contributed by atoms with Crippen molar-refractivity contribution >= 4 is 35.0 Å². The summed E-state index contributed by atoms with van der Waals surface area (Å²) < 4.78 is 15.5. The minimum absolute atomic E-state index is 0.255. The molecule has 1 amide bonds. The molecular formula is C31H35N3O5. The molecule has 1 N–H and O–H groups in total. The minimum Gasteiger partial charge on any atom is -0.497 e. The molecule has 1 aliphatic heterocycles. The Morgan fingerprint density at radius 2 is 1.67 bits per heavy atom. The number of nitrogens with zero attached hydrogens (tertiary/aromatic N) is 2. The number of methoxy groups -OCH3 is 3. The maximum atomic E-state index is 13.8. The molecule has 0 radical (unpaired) electrons. The van der Waals surface area contributed by atoms with Gasteiger partial charge >= 0.3 is 5.97 Å². The number of piperidine rings is 1. The number of hydrazine groups is 1. The van der Waals surface area contributed by atoms with Gasteiger partial charge in [0.1, 0.15) is 17.1 Å². The molecule has 8 heteroatoms. The fourth-order valence-corrected chi connectivity index (χ4v) is 4.67. The highest BCUT2D eigenvalue weighted by Crippen LogP contribution is 2.35. The number of hydrogen-bond donors (Lipinski definition) is 1. The van der Waals surface area contributed by atoms with Crippen molar-refractivity contribution in [3.63, 3.8) is 0 Å². The van der Waals surface area contributed by atoms with E-state index < -0.39 is 5.97 Å². The topological polar surface area (TPSA) is 80.3 Å². The summed E-state index contributed by atoms with van der Waals surface area (Å²) in [7, 11) is 4.43. The highest BCUT2D eigenvalue weighted by atomic mass is 16.5. The molecule has 0 aliphatic carbocycles. The van der Waals surface area contributed by atoms with E-state index in [0.29, 0.717) is 16.9 Å². The molecule has 1 aliphatic rings. The Kier molecular flexibility index (Phi) is 9.10. The molecule has 0 saturated carbocycles. The average Bonchev–Trinajstić information content (AvgIpc) is 2.99. The number of rotatable bonds is 9. The predicted octanol–water partition coefficient (Wildman–Crippen LogP) is 5.86. The number of para-hydroxylation sites is 1. The third kappa shape index (κ3) is 6.52. The molecule has 0 atom stereocenters. The molecular weight excluding hydrogens is 494 g/mol. The molecule has 204 valence electrons. The molecule has 1 fully saturated rings. The van der Waals surface area contributed by atoms with Crippen LogP contribution in [0.2, 0.25) is 0 Å². The number of nitrogens with one attached hydrogen (secondary N) is 1. The minimum atomic E-state index is -0.488. The van der Waals surface area contributed by atoms with E-state index in [1.54, 1.807) is 36.4 Å². The number of aryl methyl sites for hydroxylation is 1. The summed E-state index contributed by atoms with van der Waals surface area (Å²) in [5.74, 6) is 0.357. The van der Waals surface area contributed by atoms with Crippen LogP contribution in [-0.2, 0) is 9.53 Å². The van der Waals surface area contributed by atoms with Gasteiger partial charge < -0.3 is 19.1 Å². The molecule has 39 heavy (non-hydrogen) atoms. The fraction of sp³-hybridized carbons (Fsp3) is 0.290. The highest BCUT2D eigenvalue weighted by molar-refractivity contribution is 6.07. The first-order chi connectivity index (χ1) is 18.9. The van der Waals surface area contributed by atoms with Crippen LogP contribution in [-0.4, -0.2) is 46.3 Å². The van der Waals surface area contributed by atoms with Crippen LogP contribution in [0.5, 0.6) is 11.5 Å². The zero-order valence-electron chi connectivity index (χ0n) is 22.9. The molecule has 3 aromatic carbocycles. The second-order valence-corrected chi connectivity index (χ2v) is 9.29. The van der Waals surface area contributed by atoms with E-state index >= 15 is 0 Å². The smallest absolute Gasteiger partial charge is 0.341 e. The Morgan fingerprint density at radius 1 is 0.923 bits per heavy atom. The van der Waals surface area contributed by atoms with Gasteiger partial charge in [0.25, 0.3) is 5.91 Å². The van der Waals surface area contributed by atoms with Gasteiger partial charge in [-0.3, -0.25) is 10.2 Å². The molecule has 8 nitrogen and oxygen atoms in total. The Bertz CT molecular complexity index is 1330.